The lowest BCUT2D eigenvalue weighted by Crippen LogP contribution is -2.45. The maximum atomic E-state index is 14.0. The summed E-state index contributed by atoms with van der Waals surface area (Å²) in [5.74, 6) is -0.937. The van der Waals surface area contributed by atoms with Crippen LogP contribution in [0.25, 0.3) is 0 Å². The fraction of sp³-hybridized carbons (Fsp3) is 0.318. The van der Waals surface area contributed by atoms with Gasteiger partial charge in [-0.05, 0) is 24.5 Å². The van der Waals surface area contributed by atoms with Gasteiger partial charge in [0.05, 0.1) is 5.71 Å². The lowest BCUT2D eigenvalue weighted by Gasteiger charge is -2.24. The first-order chi connectivity index (χ1) is 14.1. The molecule has 1 N–H and O–H groups in total. The van der Waals surface area contributed by atoms with Crippen LogP contribution in [0.2, 0.25) is 0 Å². The average Bonchev–Trinajstić information content (AvgIpc) is 3.40. The molecule has 0 radical (unpaired) electrons. The van der Waals surface area contributed by atoms with Gasteiger partial charge in [-0.15, -0.1) is 0 Å². The lowest BCUT2D eigenvalue weighted by atomic mass is 10.0. The molecule has 1 atom stereocenters. The second kappa shape index (κ2) is 8.43. The molecule has 0 unspecified atom stereocenters. The van der Waals surface area contributed by atoms with Gasteiger partial charge in [-0.3, -0.25) is 9.59 Å². The lowest BCUT2D eigenvalue weighted by molar-refractivity contribution is -0.145. The quantitative estimate of drug-likeness (QED) is 0.784. The number of carbonyl (C=O) groups is 2. The van der Waals surface area contributed by atoms with Crippen LogP contribution >= 0.6 is 0 Å². The van der Waals surface area contributed by atoms with Crippen molar-refractivity contribution in [3.63, 3.8) is 0 Å². The Bertz CT molecular complexity index is 928. The van der Waals surface area contributed by atoms with E-state index in [0.29, 0.717) is 11.3 Å². The summed E-state index contributed by atoms with van der Waals surface area (Å²) in [7, 11) is 0. The molecule has 0 aromatic heterocycles. The van der Waals surface area contributed by atoms with Gasteiger partial charge in [-0.2, -0.15) is 0 Å². The third-order valence-electron chi connectivity index (χ3n) is 4.93. The summed E-state index contributed by atoms with van der Waals surface area (Å²) in [6, 6.07) is 15.9. The molecule has 2 aromatic carbocycles. The summed E-state index contributed by atoms with van der Waals surface area (Å²) in [5.41, 5.74) is 1.63. The van der Waals surface area contributed by atoms with Crippen molar-refractivity contribution in [2.45, 2.75) is 38.0 Å². The molecule has 1 aliphatic carbocycles. The van der Waals surface area contributed by atoms with Crippen LogP contribution in [0.5, 0.6) is 0 Å². The summed E-state index contributed by atoms with van der Waals surface area (Å²) in [5, 5.41) is 6.83. The van der Waals surface area contributed by atoms with E-state index in [1.54, 1.807) is 18.2 Å². The Balaban J connectivity index is 1.45. The number of halogens is 1. The molecule has 7 heteroatoms. The molecule has 2 aliphatic rings. The number of benzene rings is 2. The van der Waals surface area contributed by atoms with Gasteiger partial charge in [0.1, 0.15) is 12.4 Å². The van der Waals surface area contributed by atoms with Gasteiger partial charge in [0.2, 0.25) is 12.0 Å². The van der Waals surface area contributed by atoms with Crippen molar-refractivity contribution in [2.75, 3.05) is 6.54 Å². The molecular formula is C22H22FN3O3. The number of oxime groups is 1. The second-order valence-electron chi connectivity index (χ2n) is 7.34. The molecule has 0 saturated heterocycles. The molecule has 29 heavy (non-hydrogen) atoms. The molecule has 1 fully saturated rings. The minimum atomic E-state index is -0.873. The molecule has 2 amide bonds. The predicted octanol–water partition coefficient (Wildman–Crippen LogP) is 2.63. The van der Waals surface area contributed by atoms with Gasteiger partial charge >= 0.3 is 0 Å². The van der Waals surface area contributed by atoms with Crippen LogP contribution in [0.1, 0.15) is 30.4 Å². The van der Waals surface area contributed by atoms with E-state index in [1.165, 1.54) is 11.0 Å². The number of hydrogen-bond acceptors (Lipinski definition) is 4. The van der Waals surface area contributed by atoms with Crippen LogP contribution in [0.4, 0.5) is 4.39 Å². The number of nitrogens with one attached hydrogen (secondary N) is 1. The Labute approximate surface area is 168 Å². The molecule has 0 spiro atoms. The first-order valence-electron chi connectivity index (χ1n) is 9.70. The van der Waals surface area contributed by atoms with E-state index >= 15 is 0 Å². The molecule has 150 valence electrons. The van der Waals surface area contributed by atoms with Crippen molar-refractivity contribution >= 4 is 17.5 Å². The predicted molar refractivity (Wildman–Crippen MR) is 105 cm³/mol. The zero-order valence-corrected chi connectivity index (χ0v) is 15.9. The van der Waals surface area contributed by atoms with E-state index < -0.39 is 11.9 Å². The summed E-state index contributed by atoms with van der Waals surface area (Å²) < 4.78 is 14.0. The van der Waals surface area contributed by atoms with E-state index in [0.717, 1.165) is 18.4 Å². The first-order valence-corrected chi connectivity index (χ1v) is 9.70. The van der Waals surface area contributed by atoms with Crippen molar-refractivity contribution < 1.29 is 18.8 Å². The van der Waals surface area contributed by atoms with E-state index in [1.807, 2.05) is 30.3 Å². The first kappa shape index (κ1) is 19.1. The molecule has 2 aromatic rings. The van der Waals surface area contributed by atoms with Crippen molar-refractivity contribution in [1.29, 1.82) is 0 Å². The monoisotopic (exact) mass is 395 g/mol. The highest BCUT2D eigenvalue weighted by molar-refractivity contribution is 6.04. The van der Waals surface area contributed by atoms with Crippen molar-refractivity contribution in [3.8, 4) is 0 Å². The van der Waals surface area contributed by atoms with Crippen molar-refractivity contribution in [3.05, 3.63) is 71.5 Å². The van der Waals surface area contributed by atoms with Crippen LogP contribution in [0.15, 0.2) is 59.8 Å². The maximum absolute atomic E-state index is 14.0. The van der Waals surface area contributed by atoms with Gasteiger partial charge < -0.3 is 15.1 Å². The van der Waals surface area contributed by atoms with Crippen LogP contribution in [-0.2, 0) is 21.0 Å². The molecule has 1 aliphatic heterocycles. The Kier molecular flexibility index (Phi) is 5.55. The van der Waals surface area contributed by atoms with Crippen LogP contribution in [0, 0.1) is 5.82 Å². The minimum Gasteiger partial charge on any atom is -0.382 e. The standard InChI is InChI=1S/C22H22FN3O3/c23-18-9-5-4-8-17(18)19-12-20(29-25-19)22(28)26(13-15-6-2-1-3-7-15)14-21(27)24-16-10-11-16/h1-9,16,20H,10-14H2,(H,24,27)/t20-/m0/s1. The van der Waals surface area contributed by atoms with Gasteiger partial charge in [0.25, 0.3) is 5.91 Å². The zero-order chi connectivity index (χ0) is 20.2. The molecule has 0 bridgehead atoms. The SMILES string of the molecule is O=C(CN(Cc1ccccc1)C(=O)[C@@H]1CC(c2ccccc2F)=NO1)NC1CC1. The van der Waals surface area contributed by atoms with E-state index in [2.05, 4.69) is 10.5 Å². The Hall–Kier alpha value is -3.22. The van der Waals surface area contributed by atoms with Crippen LogP contribution in [-0.4, -0.2) is 41.1 Å². The van der Waals surface area contributed by atoms with Crippen molar-refractivity contribution in [1.82, 2.24) is 10.2 Å². The Morgan fingerprint density at radius 3 is 2.55 bits per heavy atom. The van der Waals surface area contributed by atoms with E-state index in [4.69, 9.17) is 4.84 Å². The van der Waals surface area contributed by atoms with Gasteiger partial charge in [-0.25, -0.2) is 4.39 Å². The second-order valence-corrected chi connectivity index (χ2v) is 7.34. The topological polar surface area (TPSA) is 71.0 Å². The van der Waals surface area contributed by atoms with Crippen LogP contribution in [0.3, 0.4) is 0 Å². The number of rotatable bonds is 7. The summed E-state index contributed by atoms with van der Waals surface area (Å²) in [6.07, 6.45) is 1.24. The fourth-order valence-corrected chi connectivity index (χ4v) is 3.26. The Morgan fingerprint density at radius 2 is 1.83 bits per heavy atom. The molecule has 4 rings (SSSR count). The number of hydrogen-bond donors (Lipinski definition) is 1. The van der Waals surface area contributed by atoms with E-state index in [9.17, 15) is 14.0 Å². The minimum absolute atomic E-state index is 0.0564. The van der Waals surface area contributed by atoms with E-state index in [-0.39, 0.29) is 37.4 Å². The largest absolute Gasteiger partial charge is 0.382 e. The number of nitrogens with zero attached hydrogens (tertiary/aromatic N) is 2. The highest BCUT2D eigenvalue weighted by Crippen LogP contribution is 2.22. The van der Waals surface area contributed by atoms with Crippen molar-refractivity contribution in [2.24, 2.45) is 5.16 Å². The van der Waals surface area contributed by atoms with Gasteiger partial charge in [-0.1, -0.05) is 53.7 Å². The number of amides is 2. The molecular weight excluding hydrogens is 373 g/mol. The Morgan fingerprint density at radius 1 is 1.10 bits per heavy atom. The smallest absolute Gasteiger partial charge is 0.267 e. The fourth-order valence-electron chi connectivity index (χ4n) is 3.26. The van der Waals surface area contributed by atoms with Gasteiger partial charge in [0, 0.05) is 24.6 Å². The molecule has 1 heterocycles. The zero-order valence-electron chi connectivity index (χ0n) is 15.9. The van der Waals surface area contributed by atoms with Crippen LogP contribution < -0.4 is 5.32 Å². The average molecular weight is 395 g/mol. The highest BCUT2D eigenvalue weighted by Gasteiger charge is 2.34. The van der Waals surface area contributed by atoms with Gasteiger partial charge in [0.15, 0.2) is 0 Å². The number of carbonyl (C=O) groups excluding carboxylic acids is 2. The molecule has 1 saturated carbocycles. The maximum Gasteiger partial charge on any atom is 0.267 e. The molecule has 6 nitrogen and oxygen atoms in total. The third kappa shape index (κ3) is 4.80. The third-order valence-corrected chi connectivity index (χ3v) is 4.93. The summed E-state index contributed by atoms with van der Waals surface area (Å²) >= 11 is 0. The highest BCUT2D eigenvalue weighted by atomic mass is 19.1. The summed E-state index contributed by atoms with van der Waals surface area (Å²) in [4.78, 5) is 32.2. The summed E-state index contributed by atoms with van der Waals surface area (Å²) in [6.45, 7) is 0.228. The normalized spacial score (nSPS) is 18.0.